The Bertz CT molecular complexity index is 1700. The fourth-order valence-electron chi connectivity index (χ4n) is 4.26. The summed E-state index contributed by atoms with van der Waals surface area (Å²) in [5.41, 5.74) is 7.46. The van der Waals surface area contributed by atoms with Gasteiger partial charge in [0, 0.05) is 53.6 Å². The summed E-state index contributed by atoms with van der Waals surface area (Å²) in [6, 6.07) is 11.5. The van der Waals surface area contributed by atoms with E-state index in [1.807, 2.05) is 66.0 Å². The van der Waals surface area contributed by atoms with E-state index in [4.69, 9.17) is 16.3 Å². The van der Waals surface area contributed by atoms with Crippen molar-refractivity contribution in [1.29, 1.82) is 0 Å². The zero-order valence-corrected chi connectivity index (χ0v) is 23.0. The minimum absolute atomic E-state index is 0. The van der Waals surface area contributed by atoms with Gasteiger partial charge in [-0.3, -0.25) is 15.1 Å². The SMILES string of the molecule is C.Clc1ccc2ncc(-c3cnn(C4CCCCO4)c3)cc2n1.Ic1ccc2ncc(-c3cn[nH]c3)cc2n1. The van der Waals surface area contributed by atoms with Gasteiger partial charge >= 0.3 is 0 Å². The number of hydrogen-bond acceptors (Lipinski definition) is 7. The molecule has 11 heteroatoms. The highest BCUT2D eigenvalue weighted by atomic mass is 127. The maximum Gasteiger partial charge on any atom is 0.150 e. The third-order valence-electron chi connectivity index (χ3n) is 6.22. The van der Waals surface area contributed by atoms with Crippen LogP contribution < -0.4 is 0 Å². The Morgan fingerprint density at radius 1 is 0.846 bits per heavy atom. The molecule has 1 fully saturated rings. The number of nitrogens with one attached hydrogen (secondary N) is 1. The molecule has 7 rings (SSSR count). The lowest BCUT2D eigenvalue weighted by Gasteiger charge is -2.22. The first-order valence-electron chi connectivity index (χ1n) is 12.1. The maximum absolute atomic E-state index is 5.95. The Balaban J connectivity index is 0.000000161. The molecule has 6 aromatic rings. The Kier molecular flexibility index (Phi) is 8.44. The Morgan fingerprint density at radius 3 is 2.31 bits per heavy atom. The van der Waals surface area contributed by atoms with Crippen LogP contribution in [0.1, 0.15) is 32.9 Å². The first-order valence-corrected chi connectivity index (χ1v) is 13.6. The van der Waals surface area contributed by atoms with Gasteiger partial charge < -0.3 is 4.74 Å². The van der Waals surface area contributed by atoms with Gasteiger partial charge in [-0.25, -0.2) is 14.6 Å². The molecule has 6 aromatic heterocycles. The molecule has 1 aliphatic rings. The molecule has 0 amide bonds. The van der Waals surface area contributed by atoms with Crippen molar-refractivity contribution in [2.45, 2.75) is 32.9 Å². The third kappa shape index (κ3) is 6.23. The van der Waals surface area contributed by atoms with Crippen LogP contribution in [0.4, 0.5) is 0 Å². The number of nitrogens with zero attached hydrogens (tertiary/aromatic N) is 7. The van der Waals surface area contributed by atoms with Crippen molar-refractivity contribution in [2.75, 3.05) is 6.61 Å². The van der Waals surface area contributed by atoms with Crippen LogP contribution in [0.5, 0.6) is 0 Å². The van der Waals surface area contributed by atoms with Gasteiger partial charge in [-0.05, 0) is 78.3 Å². The summed E-state index contributed by atoms with van der Waals surface area (Å²) in [7, 11) is 0. The van der Waals surface area contributed by atoms with E-state index in [-0.39, 0.29) is 13.7 Å². The number of aromatic nitrogens is 8. The molecule has 1 unspecified atom stereocenters. The number of pyridine rings is 4. The van der Waals surface area contributed by atoms with Gasteiger partial charge in [0.25, 0.3) is 0 Å². The predicted molar refractivity (Wildman–Crippen MR) is 161 cm³/mol. The Morgan fingerprint density at radius 2 is 1.59 bits per heavy atom. The van der Waals surface area contributed by atoms with Crippen LogP contribution in [-0.2, 0) is 4.74 Å². The van der Waals surface area contributed by atoms with Crippen molar-refractivity contribution in [2.24, 2.45) is 0 Å². The largest absolute Gasteiger partial charge is 0.357 e. The van der Waals surface area contributed by atoms with Crippen LogP contribution in [0.25, 0.3) is 44.3 Å². The molecule has 0 bridgehead atoms. The van der Waals surface area contributed by atoms with E-state index in [0.29, 0.717) is 5.15 Å². The van der Waals surface area contributed by atoms with Gasteiger partial charge in [-0.15, -0.1) is 0 Å². The number of H-pyrrole nitrogens is 1. The summed E-state index contributed by atoms with van der Waals surface area (Å²) in [6.07, 6.45) is 14.5. The van der Waals surface area contributed by atoms with Gasteiger partial charge in [0.15, 0.2) is 0 Å². The van der Waals surface area contributed by atoms with Crippen LogP contribution >= 0.6 is 34.2 Å². The van der Waals surface area contributed by atoms with E-state index >= 15 is 0 Å². The third-order valence-corrected chi connectivity index (χ3v) is 7.04. The zero-order valence-electron chi connectivity index (χ0n) is 20.1. The quantitative estimate of drug-likeness (QED) is 0.160. The van der Waals surface area contributed by atoms with Crippen molar-refractivity contribution in [1.82, 2.24) is 39.9 Å². The number of rotatable bonds is 3. The van der Waals surface area contributed by atoms with Gasteiger partial charge in [0.1, 0.15) is 15.1 Å². The molecule has 9 nitrogen and oxygen atoms in total. The molecule has 198 valence electrons. The van der Waals surface area contributed by atoms with Crippen molar-refractivity contribution >= 4 is 56.3 Å². The fourth-order valence-corrected chi connectivity index (χ4v) is 4.86. The lowest BCUT2D eigenvalue weighted by Crippen LogP contribution is -2.18. The molecule has 39 heavy (non-hydrogen) atoms. The zero-order chi connectivity index (χ0) is 25.9. The van der Waals surface area contributed by atoms with E-state index in [9.17, 15) is 0 Å². The summed E-state index contributed by atoms with van der Waals surface area (Å²) >= 11 is 8.15. The Labute approximate surface area is 244 Å². The molecule has 1 atom stereocenters. The first kappa shape index (κ1) is 27.1. The number of ether oxygens (including phenoxy) is 1. The summed E-state index contributed by atoms with van der Waals surface area (Å²) in [5.74, 6) is 0. The molecule has 0 aliphatic carbocycles. The van der Waals surface area contributed by atoms with Crippen LogP contribution in [0.3, 0.4) is 0 Å². The van der Waals surface area contributed by atoms with Crippen LogP contribution in [0.15, 0.2) is 73.6 Å². The van der Waals surface area contributed by atoms with Gasteiger partial charge in [-0.1, -0.05) is 19.0 Å². The number of aromatic amines is 1. The average Bonchev–Trinajstić information content (AvgIpc) is 3.66. The molecular weight excluding hydrogens is 627 g/mol. The lowest BCUT2D eigenvalue weighted by atomic mass is 10.1. The average molecular weight is 653 g/mol. The summed E-state index contributed by atoms with van der Waals surface area (Å²) in [6.45, 7) is 0.805. The van der Waals surface area contributed by atoms with E-state index in [1.54, 1.807) is 12.3 Å². The van der Waals surface area contributed by atoms with Crippen molar-refractivity contribution < 1.29 is 4.74 Å². The molecule has 0 aromatic carbocycles. The second-order valence-electron chi connectivity index (χ2n) is 8.81. The predicted octanol–water partition coefficient (Wildman–Crippen LogP) is 7.11. The molecular formula is C28H26ClIN8O. The van der Waals surface area contributed by atoms with Crippen LogP contribution in [0.2, 0.25) is 5.15 Å². The van der Waals surface area contributed by atoms with Gasteiger partial charge in [-0.2, -0.15) is 10.2 Å². The number of fused-ring (bicyclic) bond motifs is 2. The van der Waals surface area contributed by atoms with Crippen molar-refractivity contribution in [3.8, 4) is 22.3 Å². The number of hydrogen-bond donors (Lipinski definition) is 1. The van der Waals surface area contributed by atoms with Crippen LogP contribution in [-0.4, -0.2) is 46.5 Å². The smallest absolute Gasteiger partial charge is 0.150 e. The molecule has 0 spiro atoms. The van der Waals surface area contributed by atoms with E-state index < -0.39 is 0 Å². The minimum atomic E-state index is 0. The second-order valence-corrected chi connectivity index (χ2v) is 10.3. The second kappa shape index (κ2) is 12.1. The van der Waals surface area contributed by atoms with E-state index in [0.717, 1.165) is 67.5 Å². The van der Waals surface area contributed by atoms with E-state index in [2.05, 4.69) is 57.8 Å². The summed E-state index contributed by atoms with van der Waals surface area (Å²) in [5, 5.41) is 11.6. The molecule has 0 radical (unpaired) electrons. The molecule has 1 aliphatic heterocycles. The lowest BCUT2D eigenvalue weighted by molar-refractivity contribution is -0.0394. The molecule has 7 heterocycles. The van der Waals surface area contributed by atoms with Crippen molar-refractivity contribution in [3.05, 3.63) is 82.4 Å². The van der Waals surface area contributed by atoms with Crippen molar-refractivity contribution in [3.63, 3.8) is 0 Å². The summed E-state index contributed by atoms with van der Waals surface area (Å²) in [4.78, 5) is 17.6. The standard InChI is InChI=1S/C16H15ClN4O.C11H7IN4.CH4/c17-15-5-4-13-14(20-15)7-11(8-18-13)12-9-19-21(10-12)16-3-1-2-6-22-16;12-11-2-1-9-10(16-11)3-7(4-13-9)8-5-14-15-6-8;/h4-5,7-10,16H,1-3,6H2;1-6H,(H,14,15);1H4. The topological polar surface area (TPSA) is 107 Å². The fraction of sp³-hybridized carbons (Fsp3) is 0.214. The first-order chi connectivity index (χ1) is 18.6. The van der Waals surface area contributed by atoms with Gasteiger partial charge in [0.2, 0.25) is 0 Å². The maximum atomic E-state index is 5.95. The molecule has 1 N–H and O–H groups in total. The Hall–Kier alpha value is -3.48. The normalized spacial score (nSPS) is 15.0. The summed E-state index contributed by atoms with van der Waals surface area (Å²) < 4.78 is 8.62. The molecule has 1 saturated heterocycles. The highest BCUT2D eigenvalue weighted by molar-refractivity contribution is 14.1. The highest BCUT2D eigenvalue weighted by Crippen LogP contribution is 2.27. The molecule has 0 saturated carbocycles. The monoisotopic (exact) mass is 652 g/mol. The van der Waals surface area contributed by atoms with E-state index in [1.165, 1.54) is 6.42 Å². The highest BCUT2D eigenvalue weighted by Gasteiger charge is 2.17. The number of halogens is 2. The van der Waals surface area contributed by atoms with Gasteiger partial charge in [0.05, 0.1) is 34.5 Å². The van der Waals surface area contributed by atoms with Crippen LogP contribution in [0, 0.1) is 3.70 Å². The minimum Gasteiger partial charge on any atom is -0.357 e.